The summed E-state index contributed by atoms with van der Waals surface area (Å²) < 4.78 is 5.92. The van der Waals surface area contributed by atoms with Crippen molar-refractivity contribution in [3.05, 3.63) is 70.5 Å². The maximum atomic E-state index is 5.92. The van der Waals surface area contributed by atoms with Crippen LogP contribution in [0.3, 0.4) is 0 Å². The van der Waals surface area contributed by atoms with Gasteiger partial charge in [0, 0.05) is 22.9 Å². The molecular formula is C21H20O. The molecule has 110 valence electrons. The minimum atomic E-state index is 0.960. The summed E-state index contributed by atoms with van der Waals surface area (Å²) in [7, 11) is 0. The molecule has 0 aliphatic rings. The number of aryl methyl sites for hydroxylation is 3. The molecule has 0 aliphatic carbocycles. The van der Waals surface area contributed by atoms with Crippen LogP contribution in [0.4, 0.5) is 0 Å². The van der Waals surface area contributed by atoms with Crippen molar-refractivity contribution in [3.63, 3.8) is 0 Å². The topological polar surface area (TPSA) is 13.1 Å². The van der Waals surface area contributed by atoms with Crippen LogP contribution in [0.15, 0.2) is 46.9 Å². The predicted molar refractivity (Wildman–Crippen MR) is 92.1 cm³/mol. The minimum absolute atomic E-state index is 0.960. The molecular weight excluding hydrogens is 268 g/mol. The lowest BCUT2D eigenvalue weighted by molar-refractivity contribution is 0.541. The molecule has 3 aromatic rings. The summed E-state index contributed by atoms with van der Waals surface area (Å²) in [4.78, 5) is 0. The zero-order valence-corrected chi connectivity index (χ0v) is 13.4. The molecule has 0 saturated carbocycles. The molecule has 0 unspecified atom stereocenters. The second-order valence-corrected chi connectivity index (χ2v) is 5.73. The lowest BCUT2D eigenvalue weighted by atomic mass is 10.1. The zero-order valence-electron chi connectivity index (χ0n) is 13.4. The summed E-state index contributed by atoms with van der Waals surface area (Å²) in [5.41, 5.74) is 5.53. The third-order valence-electron chi connectivity index (χ3n) is 3.91. The molecule has 1 heterocycles. The molecule has 0 radical (unpaired) electrons. The quantitative estimate of drug-likeness (QED) is 0.575. The van der Waals surface area contributed by atoms with Gasteiger partial charge in [0.25, 0.3) is 0 Å². The van der Waals surface area contributed by atoms with E-state index in [1.165, 1.54) is 16.5 Å². The molecule has 0 atom stereocenters. The third kappa shape index (κ3) is 2.92. The van der Waals surface area contributed by atoms with Crippen LogP contribution in [0.1, 0.15) is 41.4 Å². The average molecular weight is 288 g/mol. The van der Waals surface area contributed by atoms with Crippen molar-refractivity contribution in [2.45, 2.75) is 33.6 Å². The van der Waals surface area contributed by atoms with Crippen molar-refractivity contribution in [1.29, 1.82) is 0 Å². The zero-order chi connectivity index (χ0) is 15.5. The Labute approximate surface area is 132 Å². The number of furan rings is 1. The fourth-order valence-electron chi connectivity index (χ4n) is 2.60. The molecule has 3 rings (SSSR count). The van der Waals surface area contributed by atoms with Gasteiger partial charge in [0.1, 0.15) is 11.3 Å². The van der Waals surface area contributed by atoms with E-state index < -0.39 is 0 Å². The van der Waals surface area contributed by atoms with Gasteiger partial charge in [-0.05, 0) is 56.2 Å². The van der Waals surface area contributed by atoms with E-state index in [4.69, 9.17) is 4.42 Å². The Morgan fingerprint density at radius 3 is 2.32 bits per heavy atom. The highest BCUT2D eigenvalue weighted by Gasteiger charge is 2.09. The Bertz CT molecular complexity index is 855. The van der Waals surface area contributed by atoms with Gasteiger partial charge in [-0.25, -0.2) is 0 Å². The summed E-state index contributed by atoms with van der Waals surface area (Å²) in [6.45, 7) is 6.39. The number of rotatable bonds is 2. The molecule has 0 amide bonds. The number of fused-ring (bicyclic) bond motifs is 1. The van der Waals surface area contributed by atoms with Crippen LogP contribution < -0.4 is 0 Å². The van der Waals surface area contributed by atoms with Crippen LogP contribution in [0, 0.1) is 25.7 Å². The Kier molecular flexibility index (Phi) is 4.02. The van der Waals surface area contributed by atoms with Gasteiger partial charge in [0.05, 0.1) is 0 Å². The standard InChI is InChI=1S/C21H20O/c1-4-5-20-16(3)19-14-18(12-13-21(19)22-20)11-10-17-8-6-15(2)7-9-17/h6-9,12-14H,4-5H2,1-3H3. The predicted octanol–water partition coefficient (Wildman–Crippen LogP) is 5.40. The first-order chi connectivity index (χ1) is 10.7. The van der Waals surface area contributed by atoms with Crippen LogP contribution in [-0.2, 0) is 6.42 Å². The van der Waals surface area contributed by atoms with Crippen LogP contribution in [-0.4, -0.2) is 0 Å². The molecule has 0 N–H and O–H groups in total. The van der Waals surface area contributed by atoms with E-state index in [0.717, 1.165) is 35.3 Å². The van der Waals surface area contributed by atoms with Crippen LogP contribution in [0.2, 0.25) is 0 Å². The monoisotopic (exact) mass is 288 g/mol. The summed E-state index contributed by atoms with van der Waals surface area (Å²) in [5.74, 6) is 7.57. The maximum absolute atomic E-state index is 5.92. The number of hydrogen-bond acceptors (Lipinski definition) is 1. The molecule has 2 aromatic carbocycles. The average Bonchev–Trinajstić information content (AvgIpc) is 2.83. The SMILES string of the molecule is CCCc1oc2ccc(C#Cc3ccc(C)cc3)cc2c1C. The highest BCUT2D eigenvalue weighted by Crippen LogP contribution is 2.27. The van der Waals surface area contributed by atoms with Gasteiger partial charge in [-0.1, -0.05) is 36.5 Å². The summed E-state index contributed by atoms with van der Waals surface area (Å²) in [6, 6.07) is 14.5. The van der Waals surface area contributed by atoms with Gasteiger partial charge >= 0.3 is 0 Å². The smallest absolute Gasteiger partial charge is 0.134 e. The molecule has 0 fully saturated rings. The van der Waals surface area contributed by atoms with Gasteiger partial charge in [0.15, 0.2) is 0 Å². The second-order valence-electron chi connectivity index (χ2n) is 5.73. The number of benzene rings is 2. The van der Waals surface area contributed by atoms with Crippen molar-refractivity contribution in [1.82, 2.24) is 0 Å². The van der Waals surface area contributed by atoms with Crippen molar-refractivity contribution in [3.8, 4) is 11.8 Å². The summed E-state index contributed by atoms with van der Waals surface area (Å²) in [5, 5.41) is 1.18. The van der Waals surface area contributed by atoms with E-state index >= 15 is 0 Å². The first kappa shape index (κ1) is 14.5. The Morgan fingerprint density at radius 2 is 1.59 bits per heavy atom. The number of hydrogen-bond donors (Lipinski definition) is 0. The first-order valence-corrected chi connectivity index (χ1v) is 7.78. The molecule has 1 heteroatoms. The van der Waals surface area contributed by atoms with Crippen LogP contribution >= 0.6 is 0 Å². The minimum Gasteiger partial charge on any atom is -0.461 e. The fourth-order valence-corrected chi connectivity index (χ4v) is 2.60. The van der Waals surface area contributed by atoms with Gasteiger partial charge in [-0.3, -0.25) is 0 Å². The van der Waals surface area contributed by atoms with Crippen LogP contribution in [0.25, 0.3) is 11.0 Å². The molecule has 0 aliphatic heterocycles. The lowest BCUT2D eigenvalue weighted by Crippen LogP contribution is -1.81. The second kappa shape index (κ2) is 6.12. The fraction of sp³-hybridized carbons (Fsp3) is 0.238. The van der Waals surface area contributed by atoms with E-state index in [1.54, 1.807) is 0 Å². The van der Waals surface area contributed by atoms with Gasteiger partial charge in [0.2, 0.25) is 0 Å². The highest BCUT2D eigenvalue weighted by atomic mass is 16.3. The third-order valence-corrected chi connectivity index (χ3v) is 3.91. The van der Waals surface area contributed by atoms with Gasteiger partial charge in [-0.15, -0.1) is 0 Å². The first-order valence-electron chi connectivity index (χ1n) is 7.78. The lowest BCUT2D eigenvalue weighted by Gasteiger charge is -1.94. The van der Waals surface area contributed by atoms with E-state index in [0.29, 0.717) is 0 Å². The van der Waals surface area contributed by atoms with E-state index in [2.05, 4.69) is 62.9 Å². The summed E-state index contributed by atoms with van der Waals surface area (Å²) >= 11 is 0. The Balaban J connectivity index is 1.95. The largest absolute Gasteiger partial charge is 0.461 e. The van der Waals surface area contributed by atoms with E-state index in [9.17, 15) is 0 Å². The normalized spacial score (nSPS) is 10.5. The Morgan fingerprint density at radius 1 is 0.909 bits per heavy atom. The van der Waals surface area contributed by atoms with E-state index in [1.807, 2.05) is 12.1 Å². The summed E-state index contributed by atoms with van der Waals surface area (Å²) in [6.07, 6.45) is 2.09. The van der Waals surface area contributed by atoms with Crippen molar-refractivity contribution < 1.29 is 4.42 Å². The maximum Gasteiger partial charge on any atom is 0.134 e. The van der Waals surface area contributed by atoms with Gasteiger partial charge in [-0.2, -0.15) is 0 Å². The highest BCUT2D eigenvalue weighted by molar-refractivity contribution is 5.83. The molecule has 0 bridgehead atoms. The van der Waals surface area contributed by atoms with Crippen molar-refractivity contribution >= 4 is 11.0 Å². The molecule has 22 heavy (non-hydrogen) atoms. The van der Waals surface area contributed by atoms with E-state index in [-0.39, 0.29) is 0 Å². The molecule has 1 aromatic heterocycles. The molecule has 0 saturated heterocycles. The molecule has 0 spiro atoms. The van der Waals surface area contributed by atoms with Crippen molar-refractivity contribution in [2.75, 3.05) is 0 Å². The Hall–Kier alpha value is -2.46. The van der Waals surface area contributed by atoms with Gasteiger partial charge < -0.3 is 4.42 Å². The van der Waals surface area contributed by atoms with Crippen LogP contribution in [0.5, 0.6) is 0 Å². The molecule has 1 nitrogen and oxygen atoms in total. The van der Waals surface area contributed by atoms with Crippen molar-refractivity contribution in [2.24, 2.45) is 0 Å².